The number of phenols is 1. The number of aromatic hydroxyl groups is 1. The van der Waals surface area contributed by atoms with Crippen molar-refractivity contribution in [3.8, 4) is 22.6 Å². The molecule has 0 unspecified atom stereocenters. The van der Waals surface area contributed by atoms with Crippen molar-refractivity contribution in [3.63, 3.8) is 0 Å². The molecule has 0 bridgehead atoms. The average Bonchev–Trinajstić information content (AvgIpc) is 3.21. The van der Waals surface area contributed by atoms with E-state index in [4.69, 9.17) is 4.42 Å². The molecule has 0 atom stereocenters. The maximum atomic E-state index is 13.9. The van der Waals surface area contributed by atoms with Gasteiger partial charge in [0.15, 0.2) is 0 Å². The SMILES string of the molecule is Cc1c(O)c(CN(C)C)cc2c(=O)c(-c3cnn(-c4ccccc4)c3)c(C(F)(F)F)oc12. The minimum atomic E-state index is -4.93. The summed E-state index contributed by atoms with van der Waals surface area (Å²) in [6.45, 7) is 1.72. The molecule has 0 amide bonds. The van der Waals surface area contributed by atoms with E-state index in [9.17, 15) is 23.1 Å². The Balaban J connectivity index is 2.01. The summed E-state index contributed by atoms with van der Waals surface area (Å²) in [5.74, 6) is -1.63. The Morgan fingerprint density at radius 1 is 1.19 bits per heavy atom. The quantitative estimate of drug-likeness (QED) is 0.493. The zero-order chi connectivity index (χ0) is 23.2. The summed E-state index contributed by atoms with van der Waals surface area (Å²) in [4.78, 5) is 15.1. The smallest absolute Gasteiger partial charge is 0.450 e. The molecular formula is C23H20F3N3O3. The fourth-order valence-electron chi connectivity index (χ4n) is 3.65. The molecule has 6 nitrogen and oxygen atoms in total. The molecule has 166 valence electrons. The lowest BCUT2D eigenvalue weighted by atomic mass is 10.00. The van der Waals surface area contributed by atoms with Crippen LogP contribution in [0.1, 0.15) is 16.9 Å². The molecular weight excluding hydrogens is 423 g/mol. The molecule has 32 heavy (non-hydrogen) atoms. The molecule has 0 saturated carbocycles. The Bertz CT molecular complexity index is 1360. The van der Waals surface area contributed by atoms with Crippen molar-refractivity contribution in [2.24, 2.45) is 0 Å². The van der Waals surface area contributed by atoms with E-state index in [-0.39, 0.29) is 27.8 Å². The van der Waals surface area contributed by atoms with Crippen molar-refractivity contribution in [1.82, 2.24) is 14.7 Å². The number of fused-ring (bicyclic) bond motifs is 1. The van der Waals surface area contributed by atoms with E-state index in [1.807, 2.05) is 0 Å². The van der Waals surface area contributed by atoms with Crippen LogP contribution in [0.5, 0.6) is 5.75 Å². The van der Waals surface area contributed by atoms with Gasteiger partial charge in [-0.3, -0.25) is 4.79 Å². The molecule has 0 aliphatic rings. The second kappa shape index (κ2) is 7.83. The van der Waals surface area contributed by atoms with Gasteiger partial charge in [0.25, 0.3) is 0 Å². The third kappa shape index (κ3) is 3.75. The van der Waals surface area contributed by atoms with Gasteiger partial charge in [0.2, 0.25) is 11.2 Å². The summed E-state index contributed by atoms with van der Waals surface area (Å²) in [5, 5.41) is 14.5. The lowest BCUT2D eigenvalue weighted by Crippen LogP contribution is -2.17. The molecule has 0 fully saturated rings. The Labute approximate surface area is 181 Å². The third-order valence-electron chi connectivity index (χ3n) is 5.10. The fraction of sp³-hybridized carbons (Fsp3) is 0.217. The largest absolute Gasteiger partial charge is 0.507 e. The van der Waals surface area contributed by atoms with Crippen LogP contribution < -0.4 is 5.43 Å². The number of nitrogens with zero attached hydrogens (tertiary/aromatic N) is 3. The van der Waals surface area contributed by atoms with Gasteiger partial charge in [-0.25, -0.2) is 4.68 Å². The lowest BCUT2D eigenvalue weighted by Gasteiger charge is -2.16. The number of hydrogen-bond acceptors (Lipinski definition) is 5. The van der Waals surface area contributed by atoms with Gasteiger partial charge in [0.05, 0.1) is 22.8 Å². The lowest BCUT2D eigenvalue weighted by molar-refractivity contribution is -0.152. The van der Waals surface area contributed by atoms with Gasteiger partial charge in [0, 0.05) is 29.4 Å². The van der Waals surface area contributed by atoms with Crippen LogP contribution in [0.25, 0.3) is 27.8 Å². The van der Waals surface area contributed by atoms with Gasteiger partial charge in [0.1, 0.15) is 11.3 Å². The minimum absolute atomic E-state index is 0.0169. The molecule has 0 aliphatic heterocycles. The van der Waals surface area contributed by atoms with Crippen molar-refractivity contribution in [3.05, 3.63) is 75.9 Å². The van der Waals surface area contributed by atoms with Gasteiger partial charge in [-0.2, -0.15) is 18.3 Å². The molecule has 0 aliphatic carbocycles. The highest BCUT2D eigenvalue weighted by Gasteiger charge is 2.40. The van der Waals surface area contributed by atoms with Crippen LogP contribution in [0.2, 0.25) is 0 Å². The number of phenolic OH excluding ortho intramolecular Hbond substituents is 1. The molecule has 2 aromatic carbocycles. The van der Waals surface area contributed by atoms with Crippen LogP contribution in [0.3, 0.4) is 0 Å². The number of benzene rings is 2. The first-order chi connectivity index (χ1) is 15.1. The van der Waals surface area contributed by atoms with Crippen molar-refractivity contribution in [2.75, 3.05) is 14.1 Å². The summed E-state index contributed by atoms with van der Waals surface area (Å²) in [5.41, 5.74) is -0.640. The predicted octanol–water partition coefficient (Wildman–Crippen LogP) is 4.74. The van der Waals surface area contributed by atoms with Crippen LogP contribution in [0, 0.1) is 6.92 Å². The van der Waals surface area contributed by atoms with Gasteiger partial charge in [-0.15, -0.1) is 0 Å². The standard InChI is InChI=1S/C23H20F3N3O3/c1-13-19(30)14(11-28(2)3)9-17-20(31)18(22(23(24,25)26)32-21(13)17)15-10-27-29(12-15)16-7-5-4-6-8-16/h4-10,12,30H,11H2,1-3H3. The topological polar surface area (TPSA) is 71.5 Å². The zero-order valence-corrected chi connectivity index (χ0v) is 17.6. The van der Waals surface area contributed by atoms with E-state index >= 15 is 0 Å². The third-order valence-corrected chi connectivity index (χ3v) is 5.10. The summed E-state index contributed by atoms with van der Waals surface area (Å²) < 4.78 is 48.4. The summed E-state index contributed by atoms with van der Waals surface area (Å²) in [7, 11) is 3.55. The predicted molar refractivity (Wildman–Crippen MR) is 114 cm³/mol. The van der Waals surface area contributed by atoms with E-state index in [1.54, 1.807) is 49.3 Å². The van der Waals surface area contributed by atoms with E-state index in [1.165, 1.54) is 30.1 Å². The molecule has 9 heteroatoms. The first-order valence-corrected chi connectivity index (χ1v) is 9.72. The zero-order valence-electron chi connectivity index (χ0n) is 17.6. The number of alkyl halides is 3. The molecule has 4 aromatic rings. The molecule has 4 rings (SSSR count). The number of aryl methyl sites for hydroxylation is 1. The normalized spacial score (nSPS) is 12.1. The highest BCUT2D eigenvalue weighted by atomic mass is 19.4. The minimum Gasteiger partial charge on any atom is -0.507 e. The van der Waals surface area contributed by atoms with Crippen molar-refractivity contribution in [2.45, 2.75) is 19.6 Å². The summed E-state index contributed by atoms with van der Waals surface area (Å²) in [6.07, 6.45) is -2.37. The van der Waals surface area contributed by atoms with Gasteiger partial charge < -0.3 is 14.4 Å². The van der Waals surface area contributed by atoms with E-state index in [0.29, 0.717) is 17.8 Å². The second-order valence-corrected chi connectivity index (χ2v) is 7.77. The van der Waals surface area contributed by atoms with Gasteiger partial charge in [-0.05, 0) is 39.2 Å². The van der Waals surface area contributed by atoms with Crippen molar-refractivity contribution >= 4 is 11.0 Å². The Kier molecular flexibility index (Phi) is 5.29. The molecule has 0 radical (unpaired) electrons. The Hall–Kier alpha value is -3.59. The highest BCUT2D eigenvalue weighted by Crippen LogP contribution is 2.39. The molecule has 0 saturated heterocycles. The summed E-state index contributed by atoms with van der Waals surface area (Å²) in [6, 6.07) is 10.2. The van der Waals surface area contributed by atoms with Gasteiger partial charge in [-0.1, -0.05) is 18.2 Å². The monoisotopic (exact) mass is 443 g/mol. The van der Waals surface area contributed by atoms with E-state index in [2.05, 4.69) is 5.10 Å². The van der Waals surface area contributed by atoms with Crippen LogP contribution in [0.4, 0.5) is 13.2 Å². The number of para-hydroxylation sites is 1. The molecule has 2 heterocycles. The fourth-order valence-corrected chi connectivity index (χ4v) is 3.65. The van der Waals surface area contributed by atoms with Crippen LogP contribution in [0.15, 0.2) is 58.0 Å². The first kappa shape index (κ1) is 21.6. The number of rotatable bonds is 4. The second-order valence-electron chi connectivity index (χ2n) is 7.77. The number of hydrogen-bond donors (Lipinski definition) is 1. The van der Waals surface area contributed by atoms with Crippen molar-refractivity contribution in [1.29, 1.82) is 0 Å². The van der Waals surface area contributed by atoms with Gasteiger partial charge >= 0.3 is 6.18 Å². The van der Waals surface area contributed by atoms with Crippen molar-refractivity contribution < 1.29 is 22.7 Å². The van der Waals surface area contributed by atoms with E-state index < -0.39 is 22.9 Å². The van der Waals surface area contributed by atoms with Crippen LogP contribution in [-0.2, 0) is 12.7 Å². The molecule has 1 N–H and O–H groups in total. The van der Waals surface area contributed by atoms with Crippen LogP contribution >= 0.6 is 0 Å². The summed E-state index contributed by atoms with van der Waals surface area (Å²) >= 11 is 0. The number of aromatic nitrogens is 2. The Morgan fingerprint density at radius 2 is 1.88 bits per heavy atom. The maximum absolute atomic E-state index is 13.9. The highest BCUT2D eigenvalue weighted by molar-refractivity contribution is 5.87. The van der Waals surface area contributed by atoms with Crippen LogP contribution in [-0.4, -0.2) is 33.9 Å². The first-order valence-electron chi connectivity index (χ1n) is 9.72. The molecule has 0 spiro atoms. The maximum Gasteiger partial charge on any atom is 0.450 e. The van der Waals surface area contributed by atoms with E-state index in [0.717, 1.165) is 0 Å². The Morgan fingerprint density at radius 3 is 2.50 bits per heavy atom. The average molecular weight is 443 g/mol. The number of halogens is 3. The molecule has 2 aromatic heterocycles.